The third kappa shape index (κ3) is 5.85. The molecule has 0 fully saturated rings. The Labute approximate surface area is 138 Å². The van der Waals surface area contributed by atoms with Crippen molar-refractivity contribution in [2.24, 2.45) is 0 Å². The fraction of sp³-hybridized carbons (Fsp3) is 0.571. The molecule has 9 heteroatoms. The maximum Gasteiger partial charge on any atom is 0.240 e. The summed E-state index contributed by atoms with van der Waals surface area (Å²) in [7, 11) is -5.68. The van der Waals surface area contributed by atoms with Gasteiger partial charge in [-0.1, -0.05) is 0 Å². The quantitative estimate of drug-likeness (QED) is 0.608. The third-order valence-electron chi connectivity index (χ3n) is 3.22. The highest BCUT2D eigenvalue weighted by molar-refractivity contribution is 7.91. The second kappa shape index (κ2) is 8.20. The van der Waals surface area contributed by atoms with Crippen LogP contribution in [0.3, 0.4) is 0 Å². The average molecular weight is 364 g/mol. The van der Waals surface area contributed by atoms with E-state index in [0.29, 0.717) is 25.3 Å². The molecule has 0 bridgehead atoms. The molecule has 0 spiro atoms. The molecule has 7 nitrogen and oxygen atoms in total. The molecule has 0 unspecified atom stereocenters. The molecule has 0 radical (unpaired) electrons. The summed E-state index contributed by atoms with van der Waals surface area (Å²) in [4.78, 5) is 0.0333. The van der Waals surface area contributed by atoms with Crippen molar-refractivity contribution in [2.45, 2.75) is 23.6 Å². The minimum Gasteiger partial charge on any atom is -0.383 e. The van der Waals surface area contributed by atoms with Gasteiger partial charge in [-0.2, -0.15) is 0 Å². The SMILES string of the molecule is COCCNCCNS(=O)(=O)c1cc(C)cc(S(C)(=O)=O)c1C. The standard InChI is InChI=1S/C14H24N2O5S2/c1-11-9-13(22(4,17)18)12(2)14(10-11)23(19,20)16-6-5-15-7-8-21-3/h9-10,15-16H,5-8H2,1-4H3. The first-order valence-electron chi connectivity index (χ1n) is 7.10. The van der Waals surface area contributed by atoms with Gasteiger partial charge in [0, 0.05) is 33.0 Å². The van der Waals surface area contributed by atoms with E-state index in [1.807, 2.05) is 0 Å². The summed E-state index contributed by atoms with van der Waals surface area (Å²) in [5, 5.41) is 3.02. The van der Waals surface area contributed by atoms with Gasteiger partial charge in [-0.15, -0.1) is 0 Å². The van der Waals surface area contributed by atoms with Crippen LogP contribution in [-0.2, 0) is 24.6 Å². The van der Waals surface area contributed by atoms with Gasteiger partial charge >= 0.3 is 0 Å². The Hall–Kier alpha value is -1.00. The van der Waals surface area contributed by atoms with Gasteiger partial charge in [0.2, 0.25) is 10.0 Å². The van der Waals surface area contributed by atoms with E-state index in [0.717, 1.165) is 6.26 Å². The van der Waals surface area contributed by atoms with Crippen molar-refractivity contribution in [2.75, 3.05) is 39.6 Å². The third-order valence-corrected chi connectivity index (χ3v) is 6.03. The number of benzene rings is 1. The summed E-state index contributed by atoms with van der Waals surface area (Å²) in [5.74, 6) is 0. The van der Waals surface area contributed by atoms with Crippen LogP contribution in [0.25, 0.3) is 0 Å². The van der Waals surface area contributed by atoms with Gasteiger partial charge in [-0.05, 0) is 37.1 Å². The van der Waals surface area contributed by atoms with Crippen LogP contribution >= 0.6 is 0 Å². The lowest BCUT2D eigenvalue weighted by Crippen LogP contribution is -2.33. The van der Waals surface area contributed by atoms with Crippen LogP contribution in [0.15, 0.2) is 21.9 Å². The van der Waals surface area contributed by atoms with Crippen LogP contribution < -0.4 is 10.0 Å². The summed E-state index contributed by atoms with van der Waals surface area (Å²) < 4.78 is 55.8. The van der Waals surface area contributed by atoms with Crippen LogP contribution in [0.5, 0.6) is 0 Å². The van der Waals surface area contributed by atoms with Gasteiger partial charge in [-0.25, -0.2) is 21.6 Å². The Morgan fingerprint density at radius 2 is 1.61 bits per heavy atom. The molecule has 1 aromatic rings. The number of ether oxygens (including phenoxy) is 1. The number of hydrogen-bond donors (Lipinski definition) is 2. The molecule has 0 aliphatic rings. The number of nitrogens with one attached hydrogen (secondary N) is 2. The van der Waals surface area contributed by atoms with Crippen molar-refractivity contribution in [3.8, 4) is 0 Å². The number of hydrogen-bond acceptors (Lipinski definition) is 6. The minimum atomic E-state index is -3.77. The second-order valence-corrected chi connectivity index (χ2v) is 9.02. The monoisotopic (exact) mass is 364 g/mol. The van der Waals surface area contributed by atoms with Crippen molar-refractivity contribution >= 4 is 19.9 Å². The largest absolute Gasteiger partial charge is 0.383 e. The topological polar surface area (TPSA) is 102 Å². The molecular formula is C14H24N2O5S2. The van der Waals surface area contributed by atoms with Gasteiger partial charge < -0.3 is 10.1 Å². The first-order chi connectivity index (χ1) is 10.6. The Kier molecular flexibility index (Phi) is 7.15. The maximum atomic E-state index is 12.4. The zero-order chi connectivity index (χ0) is 17.7. The molecule has 1 aromatic carbocycles. The van der Waals surface area contributed by atoms with E-state index < -0.39 is 19.9 Å². The lowest BCUT2D eigenvalue weighted by atomic mass is 10.2. The zero-order valence-electron chi connectivity index (χ0n) is 13.8. The Bertz CT molecular complexity index is 743. The molecule has 0 atom stereocenters. The van der Waals surface area contributed by atoms with Crippen LogP contribution in [0.4, 0.5) is 0 Å². The fourth-order valence-corrected chi connectivity index (χ4v) is 4.62. The van der Waals surface area contributed by atoms with E-state index in [1.165, 1.54) is 19.1 Å². The van der Waals surface area contributed by atoms with Gasteiger partial charge in [0.15, 0.2) is 9.84 Å². The van der Waals surface area contributed by atoms with E-state index in [9.17, 15) is 16.8 Å². The molecule has 23 heavy (non-hydrogen) atoms. The van der Waals surface area contributed by atoms with E-state index in [1.54, 1.807) is 14.0 Å². The normalized spacial score (nSPS) is 12.5. The van der Waals surface area contributed by atoms with Crippen molar-refractivity contribution in [3.05, 3.63) is 23.3 Å². The van der Waals surface area contributed by atoms with Crippen LogP contribution in [0.2, 0.25) is 0 Å². The fourth-order valence-electron chi connectivity index (χ4n) is 2.11. The second-order valence-electron chi connectivity index (χ2n) is 5.30. The zero-order valence-corrected chi connectivity index (χ0v) is 15.5. The predicted molar refractivity (Wildman–Crippen MR) is 89.0 cm³/mol. The molecule has 0 aliphatic carbocycles. The van der Waals surface area contributed by atoms with Crippen molar-refractivity contribution < 1.29 is 21.6 Å². The van der Waals surface area contributed by atoms with Crippen molar-refractivity contribution in [1.29, 1.82) is 0 Å². The summed E-state index contributed by atoms with van der Waals surface area (Å²) in [6.45, 7) is 4.99. The minimum absolute atomic E-state index is 0.00480. The van der Waals surface area contributed by atoms with Crippen LogP contribution in [0, 0.1) is 13.8 Å². The number of sulfonamides is 1. The molecule has 0 saturated heterocycles. The van der Waals surface area contributed by atoms with Gasteiger partial charge in [0.05, 0.1) is 16.4 Å². The highest BCUT2D eigenvalue weighted by Gasteiger charge is 2.22. The predicted octanol–water partition coefficient (Wildman–Crippen LogP) is 0.221. The summed E-state index contributed by atoms with van der Waals surface area (Å²) in [6.07, 6.45) is 1.07. The highest BCUT2D eigenvalue weighted by atomic mass is 32.2. The number of methoxy groups -OCH3 is 1. The van der Waals surface area contributed by atoms with Crippen LogP contribution in [-0.4, -0.2) is 56.4 Å². The summed E-state index contributed by atoms with van der Waals surface area (Å²) in [5.41, 5.74) is 0.813. The molecule has 0 aromatic heterocycles. The molecule has 0 aliphatic heterocycles. The number of rotatable bonds is 9. The molecule has 0 amide bonds. The average Bonchev–Trinajstić information content (AvgIpc) is 2.43. The lowest BCUT2D eigenvalue weighted by Gasteiger charge is -2.13. The Morgan fingerprint density at radius 3 is 2.17 bits per heavy atom. The van der Waals surface area contributed by atoms with Crippen LogP contribution in [0.1, 0.15) is 11.1 Å². The van der Waals surface area contributed by atoms with Crippen molar-refractivity contribution in [1.82, 2.24) is 10.0 Å². The molecule has 0 saturated carbocycles. The van der Waals surface area contributed by atoms with Gasteiger partial charge in [0.1, 0.15) is 0 Å². The lowest BCUT2D eigenvalue weighted by molar-refractivity contribution is 0.199. The first-order valence-corrected chi connectivity index (χ1v) is 10.5. The van der Waals surface area contributed by atoms with Gasteiger partial charge in [-0.3, -0.25) is 0 Å². The number of sulfone groups is 1. The van der Waals surface area contributed by atoms with E-state index in [4.69, 9.17) is 4.74 Å². The molecule has 2 N–H and O–H groups in total. The maximum absolute atomic E-state index is 12.4. The molecular weight excluding hydrogens is 340 g/mol. The summed E-state index contributed by atoms with van der Waals surface area (Å²) >= 11 is 0. The van der Waals surface area contributed by atoms with E-state index in [2.05, 4.69) is 10.0 Å². The Balaban J connectivity index is 2.95. The van der Waals surface area contributed by atoms with E-state index >= 15 is 0 Å². The molecule has 1 rings (SSSR count). The Morgan fingerprint density at radius 1 is 1.00 bits per heavy atom. The highest BCUT2D eigenvalue weighted by Crippen LogP contribution is 2.24. The van der Waals surface area contributed by atoms with E-state index in [-0.39, 0.29) is 21.9 Å². The summed E-state index contributed by atoms with van der Waals surface area (Å²) in [6, 6.07) is 2.96. The first kappa shape index (κ1) is 20.0. The van der Waals surface area contributed by atoms with Crippen molar-refractivity contribution in [3.63, 3.8) is 0 Å². The van der Waals surface area contributed by atoms with Gasteiger partial charge in [0.25, 0.3) is 0 Å². The number of aryl methyl sites for hydroxylation is 1. The molecule has 132 valence electrons. The smallest absolute Gasteiger partial charge is 0.240 e. The molecule has 0 heterocycles.